The predicted octanol–water partition coefficient (Wildman–Crippen LogP) is 2.68. The van der Waals surface area contributed by atoms with Crippen LogP contribution in [0.4, 0.5) is 0 Å². The second-order valence-corrected chi connectivity index (χ2v) is 5.71. The highest BCUT2D eigenvalue weighted by atomic mass is 16.6. The third-order valence-electron chi connectivity index (χ3n) is 3.91. The van der Waals surface area contributed by atoms with Gasteiger partial charge in [-0.2, -0.15) is 10.1 Å². The number of carbonyl (C=O) groups excluding carboxylic acids is 1. The molecular formula is C19H15N5O4. The van der Waals surface area contributed by atoms with Gasteiger partial charge in [0.1, 0.15) is 18.4 Å². The van der Waals surface area contributed by atoms with Crippen LogP contribution >= 0.6 is 0 Å². The number of rotatable bonds is 6. The van der Waals surface area contributed by atoms with Gasteiger partial charge in [0.15, 0.2) is 6.61 Å². The molecule has 4 aromatic rings. The van der Waals surface area contributed by atoms with Crippen molar-refractivity contribution in [1.29, 1.82) is 0 Å². The third-order valence-corrected chi connectivity index (χ3v) is 3.91. The van der Waals surface area contributed by atoms with Crippen molar-refractivity contribution >= 4 is 5.97 Å². The summed E-state index contributed by atoms with van der Waals surface area (Å²) in [6.45, 7) is -0.124. The molecule has 4 rings (SSSR count). The fourth-order valence-corrected chi connectivity index (χ4v) is 2.50. The average Bonchev–Trinajstić information content (AvgIpc) is 3.44. The molecular weight excluding hydrogens is 362 g/mol. The number of methoxy groups -OCH3 is 1. The zero-order chi connectivity index (χ0) is 19.3. The average molecular weight is 377 g/mol. The Morgan fingerprint density at radius 2 is 2.04 bits per heavy atom. The van der Waals surface area contributed by atoms with Gasteiger partial charge in [-0.3, -0.25) is 0 Å². The highest BCUT2D eigenvalue weighted by Gasteiger charge is 2.13. The molecule has 0 saturated carbocycles. The van der Waals surface area contributed by atoms with E-state index in [1.165, 1.54) is 6.33 Å². The van der Waals surface area contributed by atoms with Crippen LogP contribution in [0.1, 0.15) is 16.2 Å². The molecule has 0 amide bonds. The number of benzene rings is 2. The van der Waals surface area contributed by atoms with Gasteiger partial charge in [-0.1, -0.05) is 17.3 Å². The zero-order valence-corrected chi connectivity index (χ0v) is 14.8. The Kier molecular flexibility index (Phi) is 4.79. The summed E-state index contributed by atoms with van der Waals surface area (Å²) < 4.78 is 17.2. The van der Waals surface area contributed by atoms with Gasteiger partial charge in [0.2, 0.25) is 5.82 Å². The number of ether oxygens (including phenoxy) is 2. The van der Waals surface area contributed by atoms with E-state index in [1.54, 1.807) is 48.5 Å². The molecule has 0 aliphatic rings. The number of esters is 1. The minimum Gasteiger partial charge on any atom is -0.497 e. The Hall–Kier alpha value is -4.01. The van der Waals surface area contributed by atoms with E-state index in [1.807, 2.05) is 18.2 Å². The summed E-state index contributed by atoms with van der Waals surface area (Å²) in [5, 5.41) is 7.93. The van der Waals surface area contributed by atoms with Crippen LogP contribution < -0.4 is 4.74 Å². The van der Waals surface area contributed by atoms with Crippen molar-refractivity contribution in [1.82, 2.24) is 24.9 Å². The van der Waals surface area contributed by atoms with Crippen molar-refractivity contribution in [3.8, 4) is 22.8 Å². The first-order chi connectivity index (χ1) is 13.7. The number of carbonyl (C=O) groups is 1. The molecule has 9 heteroatoms. The molecule has 2 aromatic heterocycles. The summed E-state index contributed by atoms with van der Waals surface area (Å²) in [7, 11) is 1.58. The summed E-state index contributed by atoms with van der Waals surface area (Å²) in [5.41, 5.74) is 1.93. The van der Waals surface area contributed by atoms with E-state index < -0.39 is 5.97 Å². The minimum absolute atomic E-state index is 0.124. The number of aromatic nitrogens is 5. The van der Waals surface area contributed by atoms with Crippen LogP contribution in [0.2, 0.25) is 0 Å². The SMILES string of the molecule is COc1cccc(-c2noc(COC(=O)c3ccc(-n4cncn4)cc3)n2)c1. The molecule has 0 radical (unpaired) electrons. The van der Waals surface area contributed by atoms with Crippen LogP contribution in [0, 0.1) is 0 Å². The first-order valence-corrected chi connectivity index (χ1v) is 8.32. The van der Waals surface area contributed by atoms with E-state index in [0.29, 0.717) is 17.1 Å². The molecule has 0 fully saturated rings. The van der Waals surface area contributed by atoms with Crippen molar-refractivity contribution < 1.29 is 18.8 Å². The van der Waals surface area contributed by atoms with Crippen molar-refractivity contribution in [2.24, 2.45) is 0 Å². The lowest BCUT2D eigenvalue weighted by atomic mass is 10.2. The van der Waals surface area contributed by atoms with Gasteiger partial charge < -0.3 is 14.0 Å². The topological polar surface area (TPSA) is 105 Å². The van der Waals surface area contributed by atoms with Gasteiger partial charge in [-0.25, -0.2) is 14.5 Å². The Labute approximate surface area is 159 Å². The van der Waals surface area contributed by atoms with Crippen LogP contribution in [0.3, 0.4) is 0 Å². The maximum atomic E-state index is 12.2. The largest absolute Gasteiger partial charge is 0.497 e. The summed E-state index contributed by atoms with van der Waals surface area (Å²) in [5.74, 6) is 0.781. The Morgan fingerprint density at radius 1 is 1.18 bits per heavy atom. The second kappa shape index (κ2) is 7.70. The lowest BCUT2D eigenvalue weighted by molar-refractivity contribution is 0.0430. The number of nitrogens with zero attached hydrogens (tertiary/aromatic N) is 5. The van der Waals surface area contributed by atoms with Crippen LogP contribution in [0.15, 0.2) is 65.7 Å². The molecule has 140 valence electrons. The highest BCUT2D eigenvalue weighted by Crippen LogP contribution is 2.21. The number of hydrogen-bond donors (Lipinski definition) is 0. The first-order valence-electron chi connectivity index (χ1n) is 8.32. The van der Waals surface area contributed by atoms with Gasteiger partial charge in [-0.05, 0) is 36.4 Å². The molecule has 0 N–H and O–H groups in total. The molecule has 2 heterocycles. The smallest absolute Gasteiger partial charge is 0.338 e. The molecule has 0 unspecified atom stereocenters. The van der Waals surface area contributed by atoms with Gasteiger partial charge >= 0.3 is 5.97 Å². The first kappa shape index (κ1) is 17.4. The lowest BCUT2D eigenvalue weighted by Crippen LogP contribution is -2.06. The third kappa shape index (κ3) is 3.73. The maximum absolute atomic E-state index is 12.2. The van der Waals surface area contributed by atoms with Crippen molar-refractivity contribution in [3.63, 3.8) is 0 Å². The Bertz CT molecular complexity index is 1070. The van der Waals surface area contributed by atoms with Crippen LogP contribution in [-0.4, -0.2) is 38.0 Å². The van der Waals surface area contributed by atoms with Crippen molar-refractivity contribution in [2.45, 2.75) is 6.61 Å². The van der Waals surface area contributed by atoms with Crippen LogP contribution in [-0.2, 0) is 11.3 Å². The minimum atomic E-state index is -0.494. The van der Waals surface area contributed by atoms with Gasteiger partial charge in [-0.15, -0.1) is 0 Å². The molecule has 0 atom stereocenters. The number of hydrogen-bond acceptors (Lipinski definition) is 8. The van der Waals surface area contributed by atoms with E-state index in [9.17, 15) is 4.79 Å². The quantitative estimate of drug-likeness (QED) is 0.472. The normalized spacial score (nSPS) is 10.6. The monoisotopic (exact) mass is 377 g/mol. The molecule has 0 aliphatic heterocycles. The zero-order valence-electron chi connectivity index (χ0n) is 14.8. The standard InChI is InChI=1S/C19H15N5O4/c1-26-16-4-2-3-14(9-16)18-22-17(28-23-18)10-27-19(25)13-5-7-15(8-6-13)24-12-20-11-21-24/h2-9,11-12H,10H2,1H3. The summed E-state index contributed by atoms with van der Waals surface area (Å²) in [6.07, 6.45) is 3.01. The summed E-state index contributed by atoms with van der Waals surface area (Å²) >= 11 is 0. The van der Waals surface area contributed by atoms with Crippen molar-refractivity contribution in [2.75, 3.05) is 7.11 Å². The van der Waals surface area contributed by atoms with Gasteiger partial charge in [0.05, 0.1) is 18.4 Å². The van der Waals surface area contributed by atoms with E-state index in [2.05, 4.69) is 20.2 Å². The van der Waals surface area contributed by atoms with E-state index in [-0.39, 0.29) is 12.5 Å². The fourth-order valence-electron chi connectivity index (χ4n) is 2.50. The van der Waals surface area contributed by atoms with E-state index in [0.717, 1.165) is 11.3 Å². The molecule has 28 heavy (non-hydrogen) atoms. The van der Waals surface area contributed by atoms with Gasteiger partial charge in [0, 0.05) is 5.56 Å². The van der Waals surface area contributed by atoms with Gasteiger partial charge in [0.25, 0.3) is 5.89 Å². The Morgan fingerprint density at radius 3 is 2.79 bits per heavy atom. The fraction of sp³-hybridized carbons (Fsp3) is 0.105. The summed E-state index contributed by atoms with van der Waals surface area (Å²) in [4.78, 5) is 20.3. The second-order valence-electron chi connectivity index (χ2n) is 5.71. The molecule has 9 nitrogen and oxygen atoms in total. The predicted molar refractivity (Wildman–Crippen MR) is 96.8 cm³/mol. The van der Waals surface area contributed by atoms with Crippen LogP contribution in [0.25, 0.3) is 17.1 Å². The maximum Gasteiger partial charge on any atom is 0.338 e. The molecule has 0 bridgehead atoms. The lowest BCUT2D eigenvalue weighted by Gasteiger charge is -2.04. The molecule has 0 saturated heterocycles. The van der Waals surface area contributed by atoms with Crippen molar-refractivity contribution in [3.05, 3.63) is 72.6 Å². The molecule has 0 spiro atoms. The molecule has 2 aromatic carbocycles. The summed E-state index contributed by atoms with van der Waals surface area (Å²) in [6, 6.07) is 14.1. The van der Waals surface area contributed by atoms with Crippen LogP contribution in [0.5, 0.6) is 5.75 Å². The Balaban J connectivity index is 1.39. The van der Waals surface area contributed by atoms with E-state index >= 15 is 0 Å². The molecule has 0 aliphatic carbocycles. The highest BCUT2D eigenvalue weighted by molar-refractivity contribution is 5.89. The van der Waals surface area contributed by atoms with E-state index in [4.69, 9.17) is 14.0 Å².